The van der Waals surface area contributed by atoms with E-state index in [-0.39, 0.29) is 10.6 Å². The van der Waals surface area contributed by atoms with Crippen molar-refractivity contribution < 1.29 is 17.9 Å². The number of nitrogens with zero attached hydrogens (tertiary/aromatic N) is 1. The second kappa shape index (κ2) is 4.42. The van der Waals surface area contributed by atoms with Crippen molar-refractivity contribution in [2.75, 3.05) is 0 Å². The van der Waals surface area contributed by atoms with Gasteiger partial charge in [0.2, 0.25) is 0 Å². The van der Waals surface area contributed by atoms with E-state index in [1.807, 2.05) is 0 Å². The molecule has 0 fully saturated rings. The van der Waals surface area contributed by atoms with Gasteiger partial charge in [0.15, 0.2) is 5.03 Å². The molecule has 0 saturated carbocycles. The minimum absolute atomic E-state index is 0.173. The van der Waals surface area contributed by atoms with Gasteiger partial charge in [-0.15, -0.1) is 0 Å². The molecule has 0 bridgehead atoms. The van der Waals surface area contributed by atoms with E-state index >= 15 is 0 Å². The number of pyridine rings is 1. The zero-order valence-electron chi connectivity index (χ0n) is 9.80. The van der Waals surface area contributed by atoms with E-state index < -0.39 is 21.6 Å². The second-order valence-corrected chi connectivity index (χ2v) is 5.94. The lowest BCUT2D eigenvalue weighted by molar-refractivity contribution is 0.00689. The predicted molar refractivity (Wildman–Crippen MR) is 60.8 cm³/mol. The van der Waals surface area contributed by atoms with E-state index in [1.54, 1.807) is 20.8 Å². The average molecular weight is 258 g/mol. The lowest BCUT2D eigenvalue weighted by Crippen LogP contribution is -2.24. The molecule has 0 radical (unpaired) electrons. The third-order valence-electron chi connectivity index (χ3n) is 1.66. The van der Waals surface area contributed by atoms with Crippen LogP contribution in [-0.2, 0) is 14.8 Å². The van der Waals surface area contributed by atoms with Crippen molar-refractivity contribution in [3.8, 4) is 0 Å². The summed E-state index contributed by atoms with van der Waals surface area (Å²) in [6.07, 6.45) is 1.12. The Morgan fingerprint density at radius 2 is 1.94 bits per heavy atom. The Morgan fingerprint density at radius 3 is 2.29 bits per heavy atom. The number of primary sulfonamides is 1. The lowest BCUT2D eigenvalue weighted by Gasteiger charge is -2.19. The van der Waals surface area contributed by atoms with Gasteiger partial charge in [-0.1, -0.05) is 0 Å². The molecule has 0 saturated heterocycles. The zero-order valence-corrected chi connectivity index (χ0v) is 10.6. The third kappa shape index (κ3) is 4.12. The molecular formula is C10H14N2O4S. The summed E-state index contributed by atoms with van der Waals surface area (Å²) in [5.74, 6) is -0.564. The van der Waals surface area contributed by atoms with E-state index in [9.17, 15) is 13.2 Å². The van der Waals surface area contributed by atoms with Gasteiger partial charge in [-0.2, -0.15) is 0 Å². The van der Waals surface area contributed by atoms with Crippen molar-refractivity contribution in [2.24, 2.45) is 5.14 Å². The highest BCUT2D eigenvalue weighted by Gasteiger charge is 2.18. The Balaban J connectivity index is 2.93. The lowest BCUT2D eigenvalue weighted by atomic mass is 10.2. The molecule has 0 aliphatic carbocycles. The minimum atomic E-state index is -3.84. The van der Waals surface area contributed by atoms with Crippen LogP contribution in [0.2, 0.25) is 0 Å². The Bertz CT molecular complexity index is 514. The summed E-state index contributed by atoms with van der Waals surface area (Å²) >= 11 is 0. The van der Waals surface area contributed by atoms with E-state index in [0.29, 0.717) is 0 Å². The molecule has 1 rings (SSSR count). The Morgan fingerprint density at radius 1 is 1.35 bits per heavy atom. The molecule has 1 aromatic heterocycles. The van der Waals surface area contributed by atoms with Crippen molar-refractivity contribution in [1.82, 2.24) is 4.98 Å². The molecule has 0 amide bonds. The summed E-state index contributed by atoms with van der Waals surface area (Å²) in [5, 5.41) is 4.59. The van der Waals surface area contributed by atoms with Crippen LogP contribution < -0.4 is 5.14 Å². The summed E-state index contributed by atoms with van der Waals surface area (Å²) in [6.45, 7) is 5.20. The Labute approximate surface area is 99.9 Å². The van der Waals surface area contributed by atoms with Crippen LogP contribution in [0.15, 0.2) is 23.4 Å². The fraction of sp³-hybridized carbons (Fsp3) is 0.400. The van der Waals surface area contributed by atoms with Gasteiger partial charge >= 0.3 is 5.97 Å². The standard InChI is InChI=1S/C10H14N2O4S/c1-10(2,3)16-9(13)7-4-5-8(12-6-7)17(11,14)15/h4-6H,1-3H3,(H2,11,14,15). The van der Waals surface area contributed by atoms with E-state index in [1.165, 1.54) is 6.07 Å². The molecule has 2 N–H and O–H groups in total. The number of rotatable bonds is 2. The first kappa shape index (κ1) is 13.6. The van der Waals surface area contributed by atoms with Crippen molar-refractivity contribution in [3.05, 3.63) is 23.9 Å². The van der Waals surface area contributed by atoms with Gasteiger partial charge in [0, 0.05) is 6.20 Å². The largest absolute Gasteiger partial charge is 0.456 e. The van der Waals surface area contributed by atoms with Crippen molar-refractivity contribution >= 4 is 16.0 Å². The highest BCUT2D eigenvalue weighted by atomic mass is 32.2. The highest BCUT2D eigenvalue weighted by Crippen LogP contribution is 2.12. The number of carbonyl (C=O) groups excluding carboxylic acids is 1. The van der Waals surface area contributed by atoms with Gasteiger partial charge in [-0.25, -0.2) is 23.3 Å². The fourth-order valence-electron chi connectivity index (χ4n) is 1.01. The maximum atomic E-state index is 11.6. The molecule has 0 spiro atoms. The summed E-state index contributed by atoms with van der Waals surface area (Å²) in [6, 6.07) is 2.47. The number of esters is 1. The van der Waals surface area contributed by atoms with Crippen LogP contribution in [0.5, 0.6) is 0 Å². The number of ether oxygens (including phenoxy) is 1. The topological polar surface area (TPSA) is 99.4 Å². The quantitative estimate of drug-likeness (QED) is 0.786. The molecule has 6 nitrogen and oxygen atoms in total. The minimum Gasteiger partial charge on any atom is -0.456 e. The summed E-state index contributed by atoms with van der Waals surface area (Å²) < 4.78 is 27.0. The maximum absolute atomic E-state index is 11.6. The van der Waals surface area contributed by atoms with E-state index in [0.717, 1.165) is 12.3 Å². The number of sulfonamides is 1. The monoisotopic (exact) mass is 258 g/mol. The summed E-state index contributed by atoms with van der Waals surface area (Å²) in [4.78, 5) is 15.2. The first-order chi connectivity index (χ1) is 7.59. The molecule has 0 aliphatic rings. The highest BCUT2D eigenvalue weighted by molar-refractivity contribution is 7.89. The molecule has 0 unspecified atom stereocenters. The molecule has 1 heterocycles. The Hall–Kier alpha value is -1.47. The van der Waals surface area contributed by atoms with Gasteiger partial charge in [-0.05, 0) is 32.9 Å². The smallest absolute Gasteiger partial charge is 0.340 e. The molecule has 17 heavy (non-hydrogen) atoms. The van der Waals surface area contributed by atoms with E-state index in [2.05, 4.69) is 4.98 Å². The van der Waals surface area contributed by atoms with Crippen LogP contribution >= 0.6 is 0 Å². The molecule has 94 valence electrons. The molecule has 0 atom stereocenters. The van der Waals surface area contributed by atoms with Crippen molar-refractivity contribution in [1.29, 1.82) is 0 Å². The van der Waals surface area contributed by atoms with Gasteiger partial charge in [0.05, 0.1) is 5.56 Å². The SMILES string of the molecule is CC(C)(C)OC(=O)c1ccc(S(N)(=O)=O)nc1. The molecular weight excluding hydrogens is 244 g/mol. The van der Waals surface area contributed by atoms with E-state index in [4.69, 9.17) is 9.88 Å². The average Bonchev–Trinajstić information content (AvgIpc) is 2.14. The van der Waals surface area contributed by atoms with Crippen LogP contribution in [0, 0.1) is 0 Å². The molecule has 7 heteroatoms. The first-order valence-electron chi connectivity index (χ1n) is 4.82. The molecule has 0 aromatic carbocycles. The summed E-state index contributed by atoms with van der Waals surface area (Å²) in [7, 11) is -3.84. The van der Waals surface area contributed by atoms with Gasteiger partial charge in [-0.3, -0.25) is 0 Å². The predicted octanol–water partition coefficient (Wildman–Crippen LogP) is 0.684. The number of nitrogens with two attached hydrogens (primary N) is 1. The Kier molecular flexibility index (Phi) is 3.53. The maximum Gasteiger partial charge on any atom is 0.340 e. The second-order valence-electron chi connectivity index (χ2n) is 4.43. The number of carbonyl (C=O) groups is 1. The summed E-state index contributed by atoms with van der Waals surface area (Å²) in [5.41, 5.74) is -0.442. The van der Waals surface area contributed by atoms with Gasteiger partial charge in [0.1, 0.15) is 5.60 Å². The van der Waals surface area contributed by atoms with Gasteiger partial charge < -0.3 is 4.74 Å². The van der Waals surface area contributed by atoms with Gasteiger partial charge in [0.25, 0.3) is 10.0 Å². The van der Waals surface area contributed by atoms with Crippen LogP contribution in [-0.4, -0.2) is 25.0 Å². The first-order valence-corrected chi connectivity index (χ1v) is 6.36. The number of hydrogen-bond acceptors (Lipinski definition) is 5. The van der Waals surface area contributed by atoms with Crippen LogP contribution in [0.3, 0.4) is 0 Å². The fourth-order valence-corrected chi connectivity index (χ4v) is 1.46. The normalized spacial score (nSPS) is 12.2. The third-order valence-corrected chi connectivity index (χ3v) is 2.49. The van der Waals surface area contributed by atoms with Crippen molar-refractivity contribution in [3.63, 3.8) is 0 Å². The molecule has 1 aromatic rings. The van der Waals surface area contributed by atoms with Crippen LogP contribution in [0.1, 0.15) is 31.1 Å². The van der Waals surface area contributed by atoms with Crippen LogP contribution in [0.25, 0.3) is 0 Å². The molecule has 0 aliphatic heterocycles. The zero-order chi connectivity index (χ0) is 13.3. The van der Waals surface area contributed by atoms with Crippen molar-refractivity contribution in [2.45, 2.75) is 31.4 Å². The number of aromatic nitrogens is 1. The van der Waals surface area contributed by atoms with Crippen LogP contribution in [0.4, 0.5) is 0 Å². The number of hydrogen-bond donors (Lipinski definition) is 1.